The highest BCUT2D eigenvalue weighted by Crippen LogP contribution is 2.16. The van der Waals surface area contributed by atoms with E-state index in [1.54, 1.807) is 0 Å². The van der Waals surface area contributed by atoms with E-state index < -0.39 is 0 Å². The van der Waals surface area contributed by atoms with Gasteiger partial charge in [0.25, 0.3) is 0 Å². The number of nitrogens with one attached hydrogen (secondary N) is 1. The molecule has 0 spiro atoms. The summed E-state index contributed by atoms with van der Waals surface area (Å²) in [6.07, 6.45) is 2.32. The Morgan fingerprint density at radius 3 is 2.45 bits per heavy atom. The molecule has 0 aromatic carbocycles. The molecular weight excluding hydrogens is 254 g/mol. The molecule has 0 fully saturated rings. The van der Waals surface area contributed by atoms with Gasteiger partial charge in [-0.05, 0) is 34.1 Å². The number of aromatic nitrogens is 3. The lowest BCUT2D eigenvalue weighted by Crippen LogP contribution is -2.27. The van der Waals surface area contributed by atoms with E-state index in [1.807, 2.05) is 20.8 Å². The molecule has 1 rings (SSSR count). The zero-order valence-corrected chi connectivity index (χ0v) is 13.3. The molecule has 1 aromatic rings. The summed E-state index contributed by atoms with van der Waals surface area (Å²) >= 11 is 0. The van der Waals surface area contributed by atoms with E-state index in [-0.39, 0.29) is 6.10 Å². The lowest BCUT2D eigenvalue weighted by atomic mass is 10.3. The molecule has 0 aliphatic carbocycles. The number of ether oxygens (including phenoxy) is 1. The van der Waals surface area contributed by atoms with Crippen LogP contribution < -0.4 is 15.0 Å². The van der Waals surface area contributed by atoms with Gasteiger partial charge in [0.05, 0.1) is 6.10 Å². The van der Waals surface area contributed by atoms with Crippen LogP contribution >= 0.6 is 0 Å². The largest absolute Gasteiger partial charge is 0.461 e. The minimum Gasteiger partial charge on any atom is -0.461 e. The maximum absolute atomic E-state index is 5.61. The molecule has 114 valence electrons. The number of anilines is 2. The highest BCUT2D eigenvalue weighted by atomic mass is 16.5. The van der Waals surface area contributed by atoms with Crippen LogP contribution in [0.1, 0.15) is 47.5 Å². The van der Waals surface area contributed by atoms with Gasteiger partial charge in [-0.2, -0.15) is 15.0 Å². The van der Waals surface area contributed by atoms with Gasteiger partial charge in [-0.25, -0.2) is 0 Å². The van der Waals surface area contributed by atoms with E-state index in [2.05, 4.69) is 39.0 Å². The van der Waals surface area contributed by atoms with Crippen molar-refractivity contribution in [2.24, 2.45) is 0 Å². The minimum atomic E-state index is 0.0467. The van der Waals surface area contributed by atoms with Crippen LogP contribution in [0.4, 0.5) is 11.9 Å². The average Bonchev–Trinajstić information content (AvgIpc) is 2.39. The molecule has 6 heteroatoms. The first-order chi connectivity index (χ1) is 9.60. The molecule has 0 amide bonds. The second kappa shape index (κ2) is 8.55. The highest BCUT2D eigenvalue weighted by molar-refractivity contribution is 5.38. The summed E-state index contributed by atoms with van der Waals surface area (Å²) in [5, 5.41) is 3.13. The third-order valence-electron chi connectivity index (χ3n) is 2.73. The molecule has 6 nitrogen and oxygen atoms in total. The van der Waals surface area contributed by atoms with Crippen LogP contribution in [0.25, 0.3) is 0 Å². The Labute approximate surface area is 122 Å². The second-order valence-electron chi connectivity index (χ2n) is 4.87. The molecule has 0 unspecified atom stereocenters. The predicted molar refractivity (Wildman–Crippen MR) is 82.5 cm³/mol. The monoisotopic (exact) mass is 281 g/mol. The standard InChI is InChI=1S/C14H27N5O/c1-6-9-10-19(8-3)13-16-12(15-7-2)17-14(18-13)20-11(4)5/h11H,6-10H2,1-5H3,(H,15,16,17,18). The van der Waals surface area contributed by atoms with Crippen molar-refractivity contribution in [3.8, 4) is 6.01 Å². The van der Waals surface area contributed by atoms with Gasteiger partial charge < -0.3 is 15.0 Å². The van der Waals surface area contributed by atoms with E-state index in [1.165, 1.54) is 0 Å². The maximum Gasteiger partial charge on any atom is 0.323 e. The van der Waals surface area contributed by atoms with E-state index in [9.17, 15) is 0 Å². The van der Waals surface area contributed by atoms with Gasteiger partial charge in [-0.3, -0.25) is 0 Å². The van der Waals surface area contributed by atoms with Crippen molar-refractivity contribution in [2.45, 2.75) is 53.6 Å². The fraction of sp³-hybridized carbons (Fsp3) is 0.786. The van der Waals surface area contributed by atoms with Crippen LogP contribution in [0, 0.1) is 0 Å². The van der Waals surface area contributed by atoms with Crippen LogP contribution in [0.3, 0.4) is 0 Å². The van der Waals surface area contributed by atoms with Crippen molar-refractivity contribution < 1.29 is 4.74 Å². The Balaban J connectivity index is 2.98. The third-order valence-corrected chi connectivity index (χ3v) is 2.73. The molecule has 0 aliphatic heterocycles. The third kappa shape index (κ3) is 5.19. The normalized spacial score (nSPS) is 10.7. The molecule has 0 saturated heterocycles. The van der Waals surface area contributed by atoms with E-state index >= 15 is 0 Å². The molecule has 1 N–H and O–H groups in total. The molecule has 0 aliphatic rings. The van der Waals surface area contributed by atoms with Crippen LogP contribution in [0.2, 0.25) is 0 Å². The smallest absolute Gasteiger partial charge is 0.323 e. The molecule has 0 saturated carbocycles. The minimum absolute atomic E-state index is 0.0467. The molecule has 0 radical (unpaired) electrons. The quantitative estimate of drug-likeness (QED) is 0.751. The Hall–Kier alpha value is -1.59. The second-order valence-corrected chi connectivity index (χ2v) is 4.87. The zero-order valence-electron chi connectivity index (χ0n) is 13.3. The summed E-state index contributed by atoms with van der Waals surface area (Å²) in [6, 6.07) is 0.385. The molecule has 20 heavy (non-hydrogen) atoms. The summed E-state index contributed by atoms with van der Waals surface area (Å²) in [6.45, 7) is 12.8. The zero-order chi connectivity index (χ0) is 15.0. The number of hydrogen-bond donors (Lipinski definition) is 1. The Morgan fingerprint density at radius 1 is 1.15 bits per heavy atom. The van der Waals surface area contributed by atoms with Crippen LogP contribution in [0.5, 0.6) is 6.01 Å². The first-order valence-electron chi connectivity index (χ1n) is 7.52. The number of hydrogen-bond acceptors (Lipinski definition) is 6. The van der Waals surface area contributed by atoms with Crippen molar-refractivity contribution in [3.63, 3.8) is 0 Å². The number of unbranched alkanes of at least 4 members (excludes halogenated alkanes) is 1. The van der Waals surface area contributed by atoms with Gasteiger partial charge in [-0.15, -0.1) is 0 Å². The highest BCUT2D eigenvalue weighted by Gasteiger charge is 2.13. The Kier molecular flexibility index (Phi) is 7.04. The summed E-state index contributed by atoms with van der Waals surface area (Å²) < 4.78 is 5.61. The average molecular weight is 281 g/mol. The molecule has 1 aromatic heterocycles. The molecular formula is C14H27N5O. The fourth-order valence-electron chi connectivity index (χ4n) is 1.74. The first kappa shape index (κ1) is 16.5. The summed E-state index contributed by atoms with van der Waals surface area (Å²) in [7, 11) is 0. The lowest BCUT2D eigenvalue weighted by Gasteiger charge is -2.21. The van der Waals surface area contributed by atoms with Crippen LogP contribution in [-0.4, -0.2) is 40.7 Å². The van der Waals surface area contributed by atoms with Crippen molar-refractivity contribution in [3.05, 3.63) is 0 Å². The van der Waals surface area contributed by atoms with Crippen LogP contribution in [0.15, 0.2) is 0 Å². The predicted octanol–water partition coefficient (Wildman–Crippen LogP) is 2.72. The van der Waals surface area contributed by atoms with Gasteiger partial charge in [0.2, 0.25) is 11.9 Å². The maximum atomic E-state index is 5.61. The first-order valence-corrected chi connectivity index (χ1v) is 7.52. The van der Waals surface area contributed by atoms with Gasteiger partial charge >= 0.3 is 6.01 Å². The Bertz CT molecular complexity index is 397. The number of nitrogens with zero attached hydrogens (tertiary/aromatic N) is 4. The van der Waals surface area contributed by atoms with Crippen molar-refractivity contribution in [1.29, 1.82) is 0 Å². The summed E-state index contributed by atoms with van der Waals surface area (Å²) in [4.78, 5) is 15.3. The molecule has 0 atom stereocenters. The fourth-order valence-corrected chi connectivity index (χ4v) is 1.74. The van der Waals surface area contributed by atoms with Gasteiger partial charge in [0, 0.05) is 19.6 Å². The van der Waals surface area contributed by atoms with Crippen LogP contribution in [-0.2, 0) is 0 Å². The van der Waals surface area contributed by atoms with Gasteiger partial charge in [0.1, 0.15) is 0 Å². The van der Waals surface area contributed by atoms with Crippen molar-refractivity contribution in [1.82, 2.24) is 15.0 Å². The number of rotatable bonds is 9. The van der Waals surface area contributed by atoms with Gasteiger partial charge in [-0.1, -0.05) is 13.3 Å². The van der Waals surface area contributed by atoms with E-state index in [4.69, 9.17) is 4.74 Å². The molecule has 1 heterocycles. The summed E-state index contributed by atoms with van der Waals surface area (Å²) in [5.41, 5.74) is 0. The lowest BCUT2D eigenvalue weighted by molar-refractivity contribution is 0.222. The van der Waals surface area contributed by atoms with Crippen molar-refractivity contribution >= 4 is 11.9 Å². The molecule has 0 bridgehead atoms. The summed E-state index contributed by atoms with van der Waals surface area (Å²) in [5.74, 6) is 1.26. The SMILES string of the molecule is CCCCN(CC)c1nc(NCC)nc(OC(C)C)n1. The van der Waals surface area contributed by atoms with E-state index in [0.29, 0.717) is 17.9 Å². The van der Waals surface area contributed by atoms with Crippen molar-refractivity contribution in [2.75, 3.05) is 29.9 Å². The van der Waals surface area contributed by atoms with Gasteiger partial charge in [0.15, 0.2) is 0 Å². The Morgan fingerprint density at radius 2 is 1.90 bits per heavy atom. The van der Waals surface area contributed by atoms with E-state index in [0.717, 1.165) is 32.5 Å². The topological polar surface area (TPSA) is 63.2 Å².